The number of nitrogens with two attached hydrogens (primary N) is 2. The van der Waals surface area contributed by atoms with Crippen molar-refractivity contribution < 1.29 is 4.79 Å². The van der Waals surface area contributed by atoms with Gasteiger partial charge < -0.3 is 11.5 Å². The summed E-state index contributed by atoms with van der Waals surface area (Å²) in [5.74, 6) is -0.364. The van der Waals surface area contributed by atoms with Gasteiger partial charge in [0.1, 0.15) is 0 Å². The Bertz CT molecular complexity index is 569. The van der Waals surface area contributed by atoms with Crippen molar-refractivity contribution in [1.29, 1.82) is 0 Å². The Labute approximate surface area is 113 Å². The van der Waals surface area contributed by atoms with E-state index in [1.165, 1.54) is 11.1 Å². The minimum absolute atomic E-state index is 0.156. The number of aryl methyl sites for hydroxylation is 2. The van der Waals surface area contributed by atoms with Gasteiger partial charge in [0.15, 0.2) is 5.96 Å². The van der Waals surface area contributed by atoms with Crippen LogP contribution < -0.4 is 11.5 Å². The molecule has 0 saturated carbocycles. The van der Waals surface area contributed by atoms with E-state index in [2.05, 4.69) is 23.2 Å². The topological polar surface area (TPSA) is 81.5 Å². The largest absolute Gasteiger partial charge is 0.370 e. The molecule has 0 radical (unpaired) electrons. The number of guanidine groups is 1. The van der Waals surface area contributed by atoms with Gasteiger partial charge in [0, 0.05) is 5.57 Å². The van der Waals surface area contributed by atoms with Gasteiger partial charge in [-0.15, -0.1) is 0 Å². The lowest BCUT2D eigenvalue weighted by atomic mass is 9.96. The van der Waals surface area contributed by atoms with Crippen molar-refractivity contribution in [2.75, 3.05) is 0 Å². The second-order valence-corrected chi connectivity index (χ2v) is 5.08. The lowest BCUT2D eigenvalue weighted by Crippen LogP contribution is -2.25. The standard InChI is InChI=1S/C15H19N3O/c1-9-3-5-11-6-4-10(2)13(8-12(11)7-9)14(19)18-15(16)17/h3,5,7-8,10H,4,6H2,1-2H3,(H4,16,17,18,19). The van der Waals surface area contributed by atoms with Crippen molar-refractivity contribution in [2.45, 2.75) is 26.7 Å². The predicted molar refractivity (Wildman–Crippen MR) is 77.5 cm³/mol. The zero-order valence-electron chi connectivity index (χ0n) is 11.3. The minimum Gasteiger partial charge on any atom is -0.370 e. The summed E-state index contributed by atoms with van der Waals surface area (Å²) in [6.07, 6.45) is 3.81. The van der Waals surface area contributed by atoms with Crippen LogP contribution in [0.1, 0.15) is 30.0 Å². The van der Waals surface area contributed by atoms with Crippen LogP contribution in [0.5, 0.6) is 0 Å². The highest BCUT2D eigenvalue weighted by Crippen LogP contribution is 2.28. The predicted octanol–water partition coefficient (Wildman–Crippen LogP) is 1.76. The molecule has 1 atom stereocenters. The maximum atomic E-state index is 12.1. The highest BCUT2D eigenvalue weighted by Gasteiger charge is 2.20. The van der Waals surface area contributed by atoms with Crippen molar-refractivity contribution in [1.82, 2.24) is 0 Å². The van der Waals surface area contributed by atoms with Gasteiger partial charge in [-0.3, -0.25) is 4.79 Å². The first-order valence-corrected chi connectivity index (χ1v) is 6.42. The van der Waals surface area contributed by atoms with Crippen LogP contribution in [0.2, 0.25) is 0 Å². The second kappa shape index (κ2) is 5.26. The number of amides is 1. The summed E-state index contributed by atoms with van der Waals surface area (Å²) in [6, 6.07) is 6.32. The summed E-state index contributed by atoms with van der Waals surface area (Å²) in [5.41, 5.74) is 14.8. The molecule has 100 valence electrons. The van der Waals surface area contributed by atoms with Crippen molar-refractivity contribution in [2.24, 2.45) is 22.4 Å². The van der Waals surface area contributed by atoms with E-state index in [-0.39, 0.29) is 17.8 Å². The van der Waals surface area contributed by atoms with E-state index in [1.54, 1.807) is 0 Å². The Balaban J connectivity index is 2.46. The number of hydrogen-bond acceptors (Lipinski definition) is 1. The van der Waals surface area contributed by atoms with Crippen LogP contribution in [0.3, 0.4) is 0 Å². The molecule has 1 aliphatic rings. The maximum Gasteiger partial charge on any atom is 0.276 e. The summed E-state index contributed by atoms with van der Waals surface area (Å²) in [5, 5.41) is 0. The van der Waals surface area contributed by atoms with E-state index >= 15 is 0 Å². The van der Waals surface area contributed by atoms with Crippen molar-refractivity contribution in [3.8, 4) is 0 Å². The van der Waals surface area contributed by atoms with Crippen molar-refractivity contribution >= 4 is 17.9 Å². The molecule has 2 rings (SSSR count). The lowest BCUT2D eigenvalue weighted by Gasteiger charge is -2.09. The first-order chi connectivity index (χ1) is 8.97. The maximum absolute atomic E-state index is 12.1. The molecule has 1 aromatic rings. The Morgan fingerprint density at radius 1 is 1.37 bits per heavy atom. The zero-order valence-corrected chi connectivity index (χ0v) is 11.3. The molecule has 1 aromatic carbocycles. The van der Waals surface area contributed by atoms with E-state index in [9.17, 15) is 4.79 Å². The molecule has 0 fully saturated rings. The van der Waals surface area contributed by atoms with Gasteiger partial charge in [-0.2, -0.15) is 4.99 Å². The van der Waals surface area contributed by atoms with E-state index < -0.39 is 0 Å². The van der Waals surface area contributed by atoms with Crippen molar-refractivity contribution in [3.63, 3.8) is 0 Å². The van der Waals surface area contributed by atoms with Crippen LogP contribution >= 0.6 is 0 Å². The third-order valence-electron chi connectivity index (χ3n) is 3.47. The molecule has 0 heterocycles. The molecule has 1 amide bonds. The number of hydrogen-bond donors (Lipinski definition) is 2. The smallest absolute Gasteiger partial charge is 0.276 e. The Hall–Kier alpha value is -2.10. The zero-order chi connectivity index (χ0) is 14.0. The Morgan fingerprint density at radius 2 is 2.11 bits per heavy atom. The van der Waals surface area contributed by atoms with Crippen LogP contribution in [0, 0.1) is 12.8 Å². The average molecular weight is 257 g/mol. The quantitative estimate of drug-likeness (QED) is 0.594. The number of fused-ring (bicyclic) bond motifs is 1. The highest BCUT2D eigenvalue weighted by atomic mass is 16.1. The summed E-state index contributed by atoms with van der Waals surface area (Å²) >= 11 is 0. The number of rotatable bonds is 1. The molecule has 0 saturated heterocycles. The van der Waals surface area contributed by atoms with E-state index in [4.69, 9.17) is 11.5 Å². The number of carbonyl (C=O) groups is 1. The van der Waals surface area contributed by atoms with Crippen LogP contribution in [0.4, 0.5) is 0 Å². The molecular weight excluding hydrogens is 238 g/mol. The van der Waals surface area contributed by atoms with Gasteiger partial charge in [0.25, 0.3) is 5.91 Å². The van der Waals surface area contributed by atoms with E-state index in [1.807, 2.05) is 19.9 Å². The van der Waals surface area contributed by atoms with Gasteiger partial charge >= 0.3 is 0 Å². The van der Waals surface area contributed by atoms with Gasteiger partial charge in [-0.05, 0) is 42.9 Å². The van der Waals surface area contributed by atoms with Crippen LogP contribution in [0.25, 0.3) is 6.08 Å². The summed E-state index contributed by atoms with van der Waals surface area (Å²) < 4.78 is 0. The number of aliphatic imine (C=N–C) groups is 1. The fourth-order valence-corrected chi connectivity index (χ4v) is 2.37. The lowest BCUT2D eigenvalue weighted by molar-refractivity contribution is -0.114. The highest BCUT2D eigenvalue weighted by molar-refractivity contribution is 6.04. The number of benzene rings is 1. The molecular formula is C15H19N3O. The third-order valence-corrected chi connectivity index (χ3v) is 3.47. The number of nitrogens with zero attached hydrogens (tertiary/aromatic N) is 1. The fraction of sp³-hybridized carbons (Fsp3) is 0.333. The Kier molecular flexibility index (Phi) is 3.69. The minimum atomic E-state index is -0.332. The SMILES string of the molecule is Cc1ccc2c(c1)C=C(C(=O)N=C(N)N)C(C)CC2. The van der Waals surface area contributed by atoms with Gasteiger partial charge in [0.05, 0.1) is 0 Å². The van der Waals surface area contributed by atoms with Crippen molar-refractivity contribution in [3.05, 3.63) is 40.5 Å². The molecule has 0 spiro atoms. The summed E-state index contributed by atoms with van der Waals surface area (Å²) in [6.45, 7) is 4.07. The first-order valence-electron chi connectivity index (χ1n) is 6.42. The molecule has 0 aliphatic heterocycles. The van der Waals surface area contributed by atoms with E-state index in [0.717, 1.165) is 18.4 Å². The monoisotopic (exact) mass is 257 g/mol. The Morgan fingerprint density at radius 3 is 2.79 bits per heavy atom. The van der Waals surface area contributed by atoms with Crippen LogP contribution in [-0.4, -0.2) is 11.9 Å². The average Bonchev–Trinajstić information content (AvgIpc) is 2.48. The van der Waals surface area contributed by atoms with Gasteiger partial charge in [-0.25, -0.2) is 0 Å². The molecule has 0 aromatic heterocycles. The molecule has 0 bridgehead atoms. The van der Waals surface area contributed by atoms with E-state index in [0.29, 0.717) is 5.57 Å². The molecule has 4 N–H and O–H groups in total. The molecule has 4 nitrogen and oxygen atoms in total. The molecule has 1 unspecified atom stereocenters. The number of carbonyl (C=O) groups excluding carboxylic acids is 1. The fourth-order valence-electron chi connectivity index (χ4n) is 2.37. The van der Waals surface area contributed by atoms with Crippen LogP contribution in [0.15, 0.2) is 28.8 Å². The second-order valence-electron chi connectivity index (χ2n) is 5.08. The molecule has 19 heavy (non-hydrogen) atoms. The summed E-state index contributed by atoms with van der Waals surface area (Å²) in [4.78, 5) is 15.7. The third kappa shape index (κ3) is 3.02. The van der Waals surface area contributed by atoms with Gasteiger partial charge in [-0.1, -0.05) is 30.7 Å². The van der Waals surface area contributed by atoms with Crippen LogP contribution in [-0.2, 0) is 11.2 Å². The molecule has 4 heteroatoms. The molecule has 1 aliphatic carbocycles. The normalized spacial score (nSPS) is 18.0. The first kappa shape index (κ1) is 13.3. The summed E-state index contributed by atoms with van der Waals surface area (Å²) in [7, 11) is 0. The van der Waals surface area contributed by atoms with Gasteiger partial charge in [0.2, 0.25) is 0 Å².